The third-order valence-electron chi connectivity index (χ3n) is 3.24. The van der Waals surface area contributed by atoms with E-state index in [0.29, 0.717) is 17.9 Å². The summed E-state index contributed by atoms with van der Waals surface area (Å²) in [5.41, 5.74) is 0.338. The molecule has 96 valence electrons. The lowest BCUT2D eigenvalue weighted by atomic mass is 10.1. The van der Waals surface area contributed by atoms with Crippen molar-refractivity contribution in [2.45, 2.75) is 18.8 Å². The minimum atomic E-state index is -2.98. The van der Waals surface area contributed by atoms with Gasteiger partial charge in [-0.2, -0.15) is 0 Å². The van der Waals surface area contributed by atoms with Crippen molar-refractivity contribution in [3.8, 4) is 0 Å². The molecule has 0 spiro atoms. The van der Waals surface area contributed by atoms with E-state index in [2.05, 4.69) is 10.1 Å². The molecule has 0 saturated carbocycles. The van der Waals surface area contributed by atoms with Crippen molar-refractivity contribution in [3.63, 3.8) is 0 Å². The van der Waals surface area contributed by atoms with Gasteiger partial charge < -0.3 is 0 Å². The minimum absolute atomic E-state index is 0.113. The van der Waals surface area contributed by atoms with Gasteiger partial charge in [0.2, 0.25) is 0 Å². The van der Waals surface area contributed by atoms with Gasteiger partial charge >= 0.3 is 0 Å². The first-order valence-electron chi connectivity index (χ1n) is 5.83. The van der Waals surface area contributed by atoms with Crippen molar-refractivity contribution in [1.29, 1.82) is 0 Å². The Morgan fingerprint density at radius 1 is 1.39 bits per heavy atom. The molecule has 0 aliphatic carbocycles. The van der Waals surface area contributed by atoms with Crippen LogP contribution in [0.5, 0.6) is 0 Å². The second-order valence-corrected chi connectivity index (χ2v) is 6.85. The molecule has 1 unspecified atom stereocenters. The number of hydrogen-bond donors (Lipinski definition) is 1. The quantitative estimate of drug-likeness (QED) is 0.806. The number of pyridine rings is 1. The highest BCUT2D eigenvalue weighted by atomic mass is 32.2. The molecule has 1 N–H and O–H groups in total. The normalized spacial score (nSPS) is 23.2. The maximum atomic E-state index is 11.6. The van der Waals surface area contributed by atoms with E-state index < -0.39 is 9.84 Å². The van der Waals surface area contributed by atoms with Crippen molar-refractivity contribution in [2.24, 2.45) is 0 Å². The number of aromatic amines is 1. The fraction of sp³-hybridized carbons (Fsp3) is 0.455. The van der Waals surface area contributed by atoms with E-state index in [4.69, 9.17) is 0 Å². The molecule has 0 radical (unpaired) electrons. The maximum absolute atomic E-state index is 11.6. The van der Waals surface area contributed by atoms with Gasteiger partial charge in [0, 0.05) is 12.0 Å². The molecule has 1 atom stereocenters. The van der Waals surface area contributed by atoms with Gasteiger partial charge in [-0.15, -0.1) is 0 Å². The molecule has 0 bridgehead atoms. The first kappa shape index (κ1) is 11.5. The smallest absolute Gasteiger partial charge is 0.271 e. The van der Waals surface area contributed by atoms with Crippen molar-refractivity contribution in [2.75, 3.05) is 11.5 Å². The summed E-state index contributed by atoms with van der Waals surface area (Å²) in [5, 5.41) is 2.90. The number of H-pyrrole nitrogens is 1. The van der Waals surface area contributed by atoms with E-state index in [1.54, 1.807) is 12.1 Å². The summed E-state index contributed by atoms with van der Waals surface area (Å²) in [7, 11) is -2.98. The topological polar surface area (TPSA) is 84.3 Å². The number of hydrogen-bond acceptors (Lipinski definition) is 4. The largest absolute Gasteiger partial charge is 0.276 e. The van der Waals surface area contributed by atoms with Crippen molar-refractivity contribution >= 4 is 15.5 Å². The molecule has 1 aliphatic rings. The first-order valence-corrected chi connectivity index (χ1v) is 7.65. The third kappa shape index (κ3) is 1.94. The van der Waals surface area contributed by atoms with Crippen molar-refractivity contribution < 1.29 is 8.42 Å². The second kappa shape index (κ2) is 3.94. The Bertz CT molecular complexity index is 744. The lowest BCUT2D eigenvalue weighted by Gasteiger charge is -2.19. The van der Waals surface area contributed by atoms with Gasteiger partial charge in [0.1, 0.15) is 5.82 Å². The molecule has 3 rings (SSSR count). The average Bonchev–Trinajstić information content (AvgIpc) is 2.73. The molecule has 2 aromatic rings. The summed E-state index contributed by atoms with van der Waals surface area (Å²) in [5.74, 6) is 0.815. The molecule has 0 amide bonds. The highest BCUT2D eigenvalue weighted by Gasteiger charge is 2.28. The maximum Gasteiger partial charge on any atom is 0.271 e. The number of rotatable bonds is 1. The average molecular weight is 267 g/mol. The molecule has 7 heteroatoms. The Kier molecular flexibility index (Phi) is 2.51. The van der Waals surface area contributed by atoms with E-state index in [-0.39, 0.29) is 23.0 Å². The molecule has 3 heterocycles. The van der Waals surface area contributed by atoms with E-state index in [0.717, 1.165) is 6.42 Å². The van der Waals surface area contributed by atoms with Crippen LogP contribution in [0.1, 0.15) is 24.6 Å². The second-order valence-electron chi connectivity index (χ2n) is 4.62. The molecule has 18 heavy (non-hydrogen) atoms. The summed E-state index contributed by atoms with van der Waals surface area (Å²) >= 11 is 0. The summed E-state index contributed by atoms with van der Waals surface area (Å²) in [4.78, 5) is 15.9. The molecule has 2 aromatic heterocycles. The summed E-state index contributed by atoms with van der Waals surface area (Å²) < 4.78 is 24.6. The van der Waals surface area contributed by atoms with Crippen LogP contribution in [0.4, 0.5) is 0 Å². The van der Waals surface area contributed by atoms with Gasteiger partial charge in [-0.3, -0.25) is 9.89 Å². The Morgan fingerprint density at radius 3 is 2.94 bits per heavy atom. The fourth-order valence-electron chi connectivity index (χ4n) is 2.36. The number of nitrogens with zero attached hydrogens (tertiary/aromatic N) is 2. The van der Waals surface area contributed by atoms with Crippen LogP contribution >= 0.6 is 0 Å². The lowest BCUT2D eigenvalue weighted by Crippen LogP contribution is -2.24. The van der Waals surface area contributed by atoms with Crippen LogP contribution in [-0.2, 0) is 9.84 Å². The Labute approximate surface area is 104 Å². The molecule has 1 aliphatic heterocycles. The highest BCUT2D eigenvalue weighted by Crippen LogP contribution is 2.26. The number of nitrogens with one attached hydrogen (secondary N) is 1. The van der Waals surface area contributed by atoms with Crippen LogP contribution in [0.15, 0.2) is 23.0 Å². The molecule has 1 saturated heterocycles. The molecule has 0 aromatic carbocycles. The van der Waals surface area contributed by atoms with Gasteiger partial charge in [0.25, 0.3) is 5.56 Å². The molecule has 6 nitrogen and oxygen atoms in total. The van der Waals surface area contributed by atoms with Crippen LogP contribution in [0, 0.1) is 0 Å². The summed E-state index contributed by atoms with van der Waals surface area (Å²) in [6.07, 6.45) is 1.44. The fourth-order valence-corrected chi connectivity index (χ4v) is 4.07. The monoisotopic (exact) mass is 267 g/mol. The van der Waals surface area contributed by atoms with Crippen LogP contribution < -0.4 is 5.56 Å². The van der Waals surface area contributed by atoms with Gasteiger partial charge in [-0.1, -0.05) is 6.07 Å². The summed E-state index contributed by atoms with van der Waals surface area (Å²) in [6.45, 7) is 0. The van der Waals surface area contributed by atoms with Gasteiger partial charge in [0.15, 0.2) is 15.5 Å². The third-order valence-corrected chi connectivity index (χ3v) is 5.07. The van der Waals surface area contributed by atoms with Gasteiger partial charge in [-0.25, -0.2) is 17.9 Å². The Balaban J connectivity index is 2.05. The highest BCUT2D eigenvalue weighted by molar-refractivity contribution is 7.91. The summed E-state index contributed by atoms with van der Waals surface area (Å²) in [6, 6.07) is 4.80. The van der Waals surface area contributed by atoms with E-state index >= 15 is 0 Å². The zero-order valence-electron chi connectivity index (χ0n) is 9.67. The van der Waals surface area contributed by atoms with Crippen LogP contribution in [0.25, 0.3) is 5.65 Å². The first-order chi connectivity index (χ1) is 8.55. The van der Waals surface area contributed by atoms with Crippen LogP contribution in [-0.4, -0.2) is 34.5 Å². The van der Waals surface area contributed by atoms with Gasteiger partial charge in [-0.05, 0) is 18.9 Å². The molecular weight excluding hydrogens is 254 g/mol. The van der Waals surface area contributed by atoms with E-state index in [9.17, 15) is 13.2 Å². The predicted octanol–water partition coefficient (Wildman–Crippen LogP) is 0.315. The minimum Gasteiger partial charge on any atom is -0.276 e. The van der Waals surface area contributed by atoms with E-state index in [1.807, 2.05) is 0 Å². The van der Waals surface area contributed by atoms with Crippen LogP contribution in [0.2, 0.25) is 0 Å². The number of fused-ring (bicyclic) bond motifs is 1. The zero-order valence-corrected chi connectivity index (χ0v) is 10.5. The zero-order chi connectivity index (χ0) is 12.8. The lowest BCUT2D eigenvalue weighted by molar-refractivity contribution is 0.543. The number of aromatic nitrogens is 3. The standard InChI is InChI=1S/C11H13N3O3S/c15-10-5-1-4-9-12-11(13-14(9)10)8-3-2-6-18(16,17)7-8/h1,4-5,8H,2-3,6-7H2,(H,12,13). The van der Waals surface area contributed by atoms with Crippen molar-refractivity contribution in [3.05, 3.63) is 34.4 Å². The van der Waals surface area contributed by atoms with Gasteiger partial charge in [0.05, 0.1) is 11.5 Å². The number of sulfone groups is 1. The molecular formula is C11H13N3O3S. The predicted molar refractivity (Wildman–Crippen MR) is 66.4 cm³/mol. The Morgan fingerprint density at radius 2 is 2.22 bits per heavy atom. The SMILES string of the molecule is O=c1cccc2nc(C3CCCS(=O)(=O)C3)[nH]n12. The molecule has 1 fully saturated rings. The van der Waals surface area contributed by atoms with E-state index in [1.165, 1.54) is 10.6 Å². The Hall–Kier alpha value is -1.63. The van der Waals surface area contributed by atoms with Crippen LogP contribution in [0.3, 0.4) is 0 Å². The van der Waals surface area contributed by atoms with Crippen molar-refractivity contribution in [1.82, 2.24) is 14.6 Å².